The SMILES string of the molecule is CCCCCCCCNC1(C)CCOC1C. The lowest BCUT2D eigenvalue weighted by Gasteiger charge is -2.29. The molecule has 2 nitrogen and oxygen atoms in total. The molecule has 2 unspecified atom stereocenters. The van der Waals surface area contributed by atoms with Crippen molar-refractivity contribution in [1.29, 1.82) is 0 Å². The fourth-order valence-electron chi connectivity index (χ4n) is 2.35. The molecule has 16 heavy (non-hydrogen) atoms. The molecule has 0 radical (unpaired) electrons. The minimum absolute atomic E-state index is 0.226. The van der Waals surface area contributed by atoms with Crippen molar-refractivity contribution in [2.75, 3.05) is 13.2 Å². The second-order valence-corrected chi connectivity index (χ2v) is 5.38. The Bertz CT molecular complexity index is 184. The third-order valence-corrected chi connectivity index (χ3v) is 3.95. The molecule has 1 saturated heterocycles. The highest BCUT2D eigenvalue weighted by atomic mass is 16.5. The lowest BCUT2D eigenvalue weighted by atomic mass is 9.94. The molecular weight excluding hydrogens is 198 g/mol. The molecule has 0 aromatic rings. The Balaban J connectivity index is 1.98. The van der Waals surface area contributed by atoms with E-state index in [0.29, 0.717) is 6.10 Å². The van der Waals surface area contributed by atoms with Gasteiger partial charge in [0.1, 0.15) is 0 Å². The third-order valence-electron chi connectivity index (χ3n) is 3.95. The minimum Gasteiger partial charge on any atom is -0.377 e. The van der Waals surface area contributed by atoms with Crippen LogP contribution in [-0.4, -0.2) is 24.8 Å². The maximum absolute atomic E-state index is 5.62. The van der Waals surface area contributed by atoms with Crippen molar-refractivity contribution in [2.24, 2.45) is 0 Å². The van der Waals surface area contributed by atoms with Gasteiger partial charge in [0, 0.05) is 12.1 Å². The summed E-state index contributed by atoms with van der Waals surface area (Å²) in [6, 6.07) is 0. The largest absolute Gasteiger partial charge is 0.377 e. The van der Waals surface area contributed by atoms with Crippen LogP contribution in [0.4, 0.5) is 0 Å². The van der Waals surface area contributed by atoms with Crippen LogP contribution in [-0.2, 0) is 4.74 Å². The Morgan fingerprint density at radius 1 is 1.19 bits per heavy atom. The summed E-state index contributed by atoms with van der Waals surface area (Å²) in [7, 11) is 0. The van der Waals surface area contributed by atoms with Gasteiger partial charge in [0.05, 0.1) is 6.10 Å². The zero-order chi connectivity index (χ0) is 11.9. The van der Waals surface area contributed by atoms with Gasteiger partial charge < -0.3 is 10.1 Å². The second-order valence-electron chi connectivity index (χ2n) is 5.38. The molecule has 96 valence electrons. The topological polar surface area (TPSA) is 21.3 Å². The first-order valence-electron chi connectivity index (χ1n) is 7.05. The van der Waals surface area contributed by atoms with Crippen LogP contribution >= 0.6 is 0 Å². The monoisotopic (exact) mass is 227 g/mol. The predicted molar refractivity (Wildman–Crippen MR) is 69.8 cm³/mol. The Hall–Kier alpha value is -0.0800. The van der Waals surface area contributed by atoms with Crippen LogP contribution in [0.3, 0.4) is 0 Å². The highest BCUT2D eigenvalue weighted by molar-refractivity contribution is 4.93. The highest BCUT2D eigenvalue weighted by Gasteiger charge is 2.35. The van der Waals surface area contributed by atoms with Crippen molar-refractivity contribution >= 4 is 0 Å². The van der Waals surface area contributed by atoms with Crippen molar-refractivity contribution < 1.29 is 4.74 Å². The lowest BCUT2D eigenvalue weighted by molar-refractivity contribution is 0.0886. The molecule has 1 aliphatic rings. The van der Waals surface area contributed by atoms with E-state index in [1.807, 2.05) is 0 Å². The van der Waals surface area contributed by atoms with Crippen molar-refractivity contribution in [1.82, 2.24) is 5.32 Å². The summed E-state index contributed by atoms with van der Waals surface area (Å²) in [4.78, 5) is 0. The highest BCUT2D eigenvalue weighted by Crippen LogP contribution is 2.24. The van der Waals surface area contributed by atoms with Crippen LogP contribution in [0.15, 0.2) is 0 Å². The van der Waals surface area contributed by atoms with Gasteiger partial charge >= 0.3 is 0 Å². The van der Waals surface area contributed by atoms with Crippen LogP contribution in [0.2, 0.25) is 0 Å². The second kappa shape index (κ2) is 7.29. The normalized spacial score (nSPS) is 29.8. The van der Waals surface area contributed by atoms with E-state index in [9.17, 15) is 0 Å². The molecule has 1 rings (SSSR count). The molecular formula is C14H29NO. The van der Waals surface area contributed by atoms with Gasteiger partial charge in [-0.3, -0.25) is 0 Å². The maximum atomic E-state index is 5.62. The van der Waals surface area contributed by atoms with Crippen LogP contribution in [0, 0.1) is 0 Å². The molecule has 1 N–H and O–H groups in total. The van der Waals surface area contributed by atoms with E-state index >= 15 is 0 Å². The first kappa shape index (κ1) is 14.0. The van der Waals surface area contributed by atoms with Gasteiger partial charge in [-0.1, -0.05) is 39.0 Å². The zero-order valence-electron chi connectivity index (χ0n) is 11.3. The number of nitrogens with one attached hydrogen (secondary N) is 1. The minimum atomic E-state index is 0.226. The van der Waals surface area contributed by atoms with Gasteiger partial charge in [-0.05, 0) is 33.2 Å². The molecule has 0 aliphatic carbocycles. The lowest BCUT2D eigenvalue weighted by Crippen LogP contribution is -2.48. The molecule has 2 atom stereocenters. The van der Waals surface area contributed by atoms with Gasteiger partial charge in [-0.2, -0.15) is 0 Å². The fourth-order valence-corrected chi connectivity index (χ4v) is 2.35. The van der Waals surface area contributed by atoms with Crippen molar-refractivity contribution in [2.45, 2.75) is 77.4 Å². The summed E-state index contributed by atoms with van der Waals surface area (Å²) in [5.74, 6) is 0. The molecule has 0 aromatic carbocycles. The molecule has 0 aromatic heterocycles. The van der Waals surface area contributed by atoms with Crippen molar-refractivity contribution in [3.05, 3.63) is 0 Å². The van der Waals surface area contributed by atoms with Crippen molar-refractivity contribution in [3.8, 4) is 0 Å². The van der Waals surface area contributed by atoms with E-state index < -0.39 is 0 Å². The van der Waals surface area contributed by atoms with E-state index in [2.05, 4.69) is 26.1 Å². The smallest absolute Gasteiger partial charge is 0.0726 e. The zero-order valence-corrected chi connectivity index (χ0v) is 11.3. The summed E-state index contributed by atoms with van der Waals surface area (Å²) in [5.41, 5.74) is 0.226. The molecule has 0 saturated carbocycles. The number of unbranched alkanes of at least 4 members (excludes halogenated alkanes) is 5. The molecule has 0 bridgehead atoms. The van der Waals surface area contributed by atoms with Gasteiger partial charge in [0.25, 0.3) is 0 Å². The van der Waals surface area contributed by atoms with E-state index in [4.69, 9.17) is 4.74 Å². The van der Waals surface area contributed by atoms with E-state index in [0.717, 1.165) is 19.6 Å². The number of hydrogen-bond donors (Lipinski definition) is 1. The quantitative estimate of drug-likeness (QED) is 0.641. The molecule has 0 spiro atoms. The van der Waals surface area contributed by atoms with E-state index in [1.54, 1.807) is 0 Å². The van der Waals surface area contributed by atoms with Crippen molar-refractivity contribution in [3.63, 3.8) is 0 Å². The van der Waals surface area contributed by atoms with Crippen LogP contribution in [0.1, 0.15) is 65.7 Å². The van der Waals surface area contributed by atoms with Crippen LogP contribution in [0.25, 0.3) is 0 Å². The first-order valence-corrected chi connectivity index (χ1v) is 7.05. The van der Waals surface area contributed by atoms with Gasteiger partial charge in [-0.15, -0.1) is 0 Å². The number of hydrogen-bond acceptors (Lipinski definition) is 2. The van der Waals surface area contributed by atoms with E-state index in [-0.39, 0.29) is 5.54 Å². The average molecular weight is 227 g/mol. The molecule has 0 amide bonds. The summed E-state index contributed by atoms with van der Waals surface area (Å²) in [5, 5.41) is 3.67. The fraction of sp³-hybridized carbons (Fsp3) is 1.00. The third kappa shape index (κ3) is 4.42. The summed E-state index contributed by atoms with van der Waals surface area (Å²) >= 11 is 0. The summed E-state index contributed by atoms with van der Waals surface area (Å²) in [6.45, 7) is 8.81. The van der Waals surface area contributed by atoms with Gasteiger partial charge in [0.15, 0.2) is 0 Å². The Morgan fingerprint density at radius 2 is 1.88 bits per heavy atom. The van der Waals surface area contributed by atoms with Crippen LogP contribution in [0.5, 0.6) is 0 Å². The molecule has 2 heteroatoms. The van der Waals surface area contributed by atoms with E-state index in [1.165, 1.54) is 38.5 Å². The molecule has 1 fully saturated rings. The van der Waals surface area contributed by atoms with Gasteiger partial charge in [-0.25, -0.2) is 0 Å². The van der Waals surface area contributed by atoms with Gasteiger partial charge in [0.2, 0.25) is 0 Å². The predicted octanol–water partition coefficient (Wildman–Crippen LogP) is 3.50. The Morgan fingerprint density at radius 3 is 2.50 bits per heavy atom. The molecule has 1 heterocycles. The average Bonchev–Trinajstić information content (AvgIpc) is 2.59. The summed E-state index contributed by atoms with van der Waals surface area (Å²) < 4.78 is 5.62. The molecule has 1 aliphatic heterocycles. The maximum Gasteiger partial charge on any atom is 0.0726 e. The standard InChI is InChI=1S/C14H29NO/c1-4-5-6-7-8-9-11-15-14(3)10-12-16-13(14)2/h13,15H,4-12H2,1-3H3. The van der Waals surface area contributed by atoms with Crippen LogP contribution < -0.4 is 5.32 Å². The Labute approximate surface area is 101 Å². The Kier molecular flexibility index (Phi) is 6.37. The first-order chi connectivity index (χ1) is 7.69. The summed E-state index contributed by atoms with van der Waals surface area (Å²) in [6.07, 6.45) is 9.76. The number of rotatable bonds is 8. The number of ether oxygens (including phenoxy) is 1.